The van der Waals surface area contributed by atoms with Crippen molar-refractivity contribution in [2.75, 3.05) is 11.9 Å². The van der Waals surface area contributed by atoms with Gasteiger partial charge in [0.15, 0.2) is 0 Å². The highest BCUT2D eigenvalue weighted by Gasteiger charge is 2.66. The zero-order valence-electron chi connectivity index (χ0n) is 18.6. The lowest BCUT2D eigenvalue weighted by atomic mass is 9.69. The first-order valence-electron chi connectivity index (χ1n) is 10.8. The molecular formula is C24H21F3N4O3. The summed E-state index contributed by atoms with van der Waals surface area (Å²) in [5.41, 5.74) is -1.05. The van der Waals surface area contributed by atoms with Crippen molar-refractivity contribution in [1.29, 1.82) is 0 Å². The van der Waals surface area contributed by atoms with Crippen LogP contribution in [0.4, 0.5) is 24.5 Å². The third-order valence-electron chi connectivity index (χ3n) is 7.05. The number of para-hydroxylation sites is 1. The largest absolute Gasteiger partial charge is 0.416 e. The summed E-state index contributed by atoms with van der Waals surface area (Å²) in [7, 11) is 1.63. The van der Waals surface area contributed by atoms with Crippen LogP contribution in [0.1, 0.15) is 31.4 Å². The molecule has 5 rings (SSSR count). The van der Waals surface area contributed by atoms with Crippen LogP contribution in [-0.2, 0) is 10.2 Å². The van der Waals surface area contributed by atoms with Gasteiger partial charge in [0.1, 0.15) is 5.84 Å². The number of halogens is 3. The predicted octanol–water partition coefficient (Wildman–Crippen LogP) is 4.68. The summed E-state index contributed by atoms with van der Waals surface area (Å²) >= 11 is 0. The van der Waals surface area contributed by atoms with Gasteiger partial charge in [0.25, 0.3) is 5.69 Å². The van der Waals surface area contributed by atoms with Gasteiger partial charge in [-0.25, -0.2) is 4.99 Å². The summed E-state index contributed by atoms with van der Waals surface area (Å²) in [4.78, 5) is 30.8. The predicted molar refractivity (Wildman–Crippen MR) is 120 cm³/mol. The second kappa shape index (κ2) is 7.15. The Hall–Kier alpha value is -3.69. The fraction of sp³-hybridized carbons (Fsp3) is 0.333. The Morgan fingerprint density at radius 2 is 1.82 bits per heavy atom. The van der Waals surface area contributed by atoms with Crippen LogP contribution in [0, 0.1) is 10.1 Å². The maximum Gasteiger partial charge on any atom is 0.416 e. The first kappa shape index (κ1) is 22.1. The number of fused-ring (bicyclic) bond motifs is 1. The number of likely N-dealkylation sites (tertiary alicyclic amines) is 1. The van der Waals surface area contributed by atoms with E-state index in [4.69, 9.17) is 0 Å². The van der Waals surface area contributed by atoms with E-state index in [0.717, 1.165) is 12.1 Å². The zero-order valence-corrected chi connectivity index (χ0v) is 18.6. The quantitative estimate of drug-likeness (QED) is 0.472. The molecule has 3 aliphatic heterocycles. The Balaban J connectivity index is 1.85. The third kappa shape index (κ3) is 2.83. The topological polar surface area (TPSA) is 79.0 Å². The lowest BCUT2D eigenvalue weighted by molar-refractivity contribution is -0.384. The van der Waals surface area contributed by atoms with E-state index >= 15 is 0 Å². The molecule has 0 bridgehead atoms. The standard InChI is InChI=1S/C24H21F3N4O3/c1-13-12-23-17-6-4-5-7-18(17)29(3)21(23)19(24(25,26)27)20(28-22(23)30(13)14(2)32)15-8-10-16(11-9-15)31(33)34/h4-11,13,21H,12H2,1-3H3/t13-,21?,23+/m1/s1. The first-order chi connectivity index (χ1) is 16.0. The third-order valence-corrected chi connectivity index (χ3v) is 7.05. The van der Waals surface area contributed by atoms with Crippen molar-refractivity contribution in [2.45, 2.75) is 43.9 Å². The molecule has 0 aromatic heterocycles. The van der Waals surface area contributed by atoms with E-state index in [1.54, 1.807) is 30.1 Å². The van der Waals surface area contributed by atoms with Gasteiger partial charge in [-0.15, -0.1) is 0 Å². The van der Waals surface area contributed by atoms with Gasteiger partial charge in [-0.1, -0.05) is 18.2 Å². The summed E-state index contributed by atoms with van der Waals surface area (Å²) in [5, 5.41) is 11.1. The number of nitro benzene ring substituents is 1. The number of carbonyl (C=O) groups is 1. The highest BCUT2D eigenvalue weighted by Crippen LogP contribution is 2.59. The van der Waals surface area contributed by atoms with E-state index in [2.05, 4.69) is 4.99 Å². The molecule has 0 aliphatic carbocycles. The van der Waals surface area contributed by atoms with Gasteiger partial charge in [-0.3, -0.25) is 19.8 Å². The van der Waals surface area contributed by atoms with Crippen molar-refractivity contribution < 1.29 is 22.9 Å². The summed E-state index contributed by atoms with van der Waals surface area (Å²) in [6, 6.07) is 10.5. The second-order valence-corrected chi connectivity index (χ2v) is 8.94. The number of carbonyl (C=O) groups excluding carboxylic acids is 1. The molecule has 7 nitrogen and oxygen atoms in total. The Kier molecular flexibility index (Phi) is 4.65. The fourth-order valence-corrected chi connectivity index (χ4v) is 5.91. The number of hydrogen-bond donors (Lipinski definition) is 0. The molecule has 1 saturated heterocycles. The lowest BCUT2D eigenvalue weighted by Crippen LogP contribution is -2.55. The molecule has 10 heteroatoms. The molecule has 0 saturated carbocycles. The number of likely N-dealkylation sites (N-methyl/N-ethyl adjacent to an activating group) is 1. The number of nitrogens with zero attached hydrogens (tertiary/aromatic N) is 4. The fourth-order valence-electron chi connectivity index (χ4n) is 5.91. The second-order valence-electron chi connectivity index (χ2n) is 8.94. The van der Waals surface area contributed by atoms with Crippen molar-refractivity contribution in [3.63, 3.8) is 0 Å². The Morgan fingerprint density at radius 3 is 2.41 bits per heavy atom. The molecule has 3 heterocycles. The van der Waals surface area contributed by atoms with Crippen LogP contribution < -0.4 is 4.90 Å². The molecule has 2 aromatic carbocycles. The smallest absolute Gasteiger partial charge is 0.366 e. The van der Waals surface area contributed by atoms with Crippen molar-refractivity contribution in [3.8, 4) is 0 Å². The van der Waals surface area contributed by atoms with E-state index in [1.165, 1.54) is 24.0 Å². The van der Waals surface area contributed by atoms with Crippen molar-refractivity contribution in [1.82, 2.24) is 4.90 Å². The first-order valence-corrected chi connectivity index (χ1v) is 10.8. The lowest BCUT2D eigenvalue weighted by Gasteiger charge is -2.41. The molecule has 1 amide bonds. The number of rotatable bonds is 2. The number of nitro groups is 1. The number of amidine groups is 1. The van der Waals surface area contributed by atoms with Gasteiger partial charge in [0.05, 0.1) is 27.7 Å². The highest BCUT2D eigenvalue weighted by molar-refractivity contribution is 6.12. The SMILES string of the molecule is CC(=O)N1C2=NC(c3ccc([N+](=O)[O-])cc3)=C(C(F)(F)F)C3N(C)c4ccccc4[C@]23C[C@H]1C. The number of aliphatic imine (C=N–C) groups is 1. The van der Waals surface area contributed by atoms with Gasteiger partial charge >= 0.3 is 6.18 Å². The molecule has 0 radical (unpaired) electrons. The average Bonchev–Trinajstić information content (AvgIpc) is 3.21. The summed E-state index contributed by atoms with van der Waals surface area (Å²) in [5.74, 6) is -0.0110. The highest BCUT2D eigenvalue weighted by atomic mass is 19.4. The minimum absolute atomic E-state index is 0.103. The minimum atomic E-state index is -4.73. The number of non-ortho nitro benzene ring substituents is 1. The summed E-state index contributed by atoms with van der Waals surface area (Å²) in [6.07, 6.45) is -4.43. The molecule has 176 valence electrons. The van der Waals surface area contributed by atoms with E-state index in [9.17, 15) is 28.1 Å². The van der Waals surface area contributed by atoms with Crippen molar-refractivity contribution in [3.05, 3.63) is 75.3 Å². The average molecular weight is 470 g/mol. The van der Waals surface area contributed by atoms with Crippen LogP contribution in [-0.4, -0.2) is 46.9 Å². The molecular weight excluding hydrogens is 449 g/mol. The molecule has 1 spiro atoms. The van der Waals surface area contributed by atoms with Gasteiger partial charge in [-0.05, 0) is 37.1 Å². The van der Waals surface area contributed by atoms with E-state index in [1.807, 2.05) is 13.0 Å². The Labute approximate surface area is 193 Å². The monoisotopic (exact) mass is 470 g/mol. The van der Waals surface area contributed by atoms with Gasteiger partial charge in [0, 0.05) is 43.4 Å². The number of alkyl halides is 3. The van der Waals surface area contributed by atoms with Gasteiger partial charge < -0.3 is 4.90 Å². The molecule has 3 atom stereocenters. The summed E-state index contributed by atoms with van der Waals surface area (Å²) < 4.78 is 44.3. The van der Waals surface area contributed by atoms with Crippen molar-refractivity contribution in [2.24, 2.45) is 4.99 Å². The van der Waals surface area contributed by atoms with Crippen LogP contribution in [0.5, 0.6) is 0 Å². The normalized spacial score (nSPS) is 25.6. The molecule has 3 aliphatic rings. The number of hydrogen-bond acceptors (Lipinski definition) is 5. The molecule has 1 fully saturated rings. The van der Waals surface area contributed by atoms with Crippen molar-refractivity contribution >= 4 is 28.8 Å². The molecule has 0 N–H and O–H groups in total. The zero-order chi connectivity index (χ0) is 24.6. The maximum atomic E-state index is 14.8. The van der Waals surface area contributed by atoms with Gasteiger partial charge in [0.2, 0.25) is 5.91 Å². The van der Waals surface area contributed by atoms with E-state index in [-0.39, 0.29) is 34.7 Å². The molecule has 2 aromatic rings. The van der Waals surface area contributed by atoms with Crippen LogP contribution >= 0.6 is 0 Å². The molecule has 34 heavy (non-hydrogen) atoms. The van der Waals surface area contributed by atoms with Crippen LogP contribution in [0.2, 0.25) is 0 Å². The van der Waals surface area contributed by atoms with Crippen LogP contribution in [0.15, 0.2) is 59.1 Å². The molecule has 1 unspecified atom stereocenters. The maximum absolute atomic E-state index is 14.8. The van der Waals surface area contributed by atoms with Gasteiger partial charge in [-0.2, -0.15) is 13.2 Å². The van der Waals surface area contributed by atoms with Crippen LogP contribution in [0.25, 0.3) is 5.70 Å². The van der Waals surface area contributed by atoms with E-state index in [0.29, 0.717) is 17.7 Å². The summed E-state index contributed by atoms with van der Waals surface area (Å²) in [6.45, 7) is 3.19. The number of anilines is 1. The Morgan fingerprint density at radius 1 is 1.18 bits per heavy atom. The number of benzene rings is 2. The van der Waals surface area contributed by atoms with Crippen LogP contribution in [0.3, 0.4) is 0 Å². The van der Waals surface area contributed by atoms with E-state index < -0.39 is 28.1 Å². The minimum Gasteiger partial charge on any atom is -0.366 e. The Bertz CT molecular complexity index is 1290. The number of amides is 1.